The SMILES string of the molecule is NC1CC(n2cnnc2)C1. The number of aromatic nitrogens is 3. The van der Waals surface area contributed by atoms with Crippen LogP contribution in [0.25, 0.3) is 0 Å². The summed E-state index contributed by atoms with van der Waals surface area (Å²) in [5.41, 5.74) is 5.62. The van der Waals surface area contributed by atoms with Crippen LogP contribution in [0.3, 0.4) is 0 Å². The average Bonchev–Trinajstić information content (AvgIpc) is 2.31. The first-order chi connectivity index (χ1) is 4.86. The molecule has 1 aromatic rings. The summed E-state index contributed by atoms with van der Waals surface area (Å²) in [6.07, 6.45) is 5.63. The van der Waals surface area contributed by atoms with E-state index in [1.54, 1.807) is 12.7 Å². The fraction of sp³-hybridized carbons (Fsp3) is 0.667. The van der Waals surface area contributed by atoms with Crippen molar-refractivity contribution in [3.63, 3.8) is 0 Å². The summed E-state index contributed by atoms with van der Waals surface area (Å²) in [5.74, 6) is 0. The van der Waals surface area contributed by atoms with Gasteiger partial charge in [-0.25, -0.2) is 0 Å². The molecule has 1 aromatic heterocycles. The van der Waals surface area contributed by atoms with E-state index in [9.17, 15) is 0 Å². The summed E-state index contributed by atoms with van der Waals surface area (Å²) >= 11 is 0. The molecule has 2 rings (SSSR count). The molecule has 1 fully saturated rings. The zero-order chi connectivity index (χ0) is 6.97. The van der Waals surface area contributed by atoms with Gasteiger partial charge in [-0.3, -0.25) is 0 Å². The van der Waals surface area contributed by atoms with Crippen molar-refractivity contribution in [1.82, 2.24) is 14.8 Å². The van der Waals surface area contributed by atoms with Gasteiger partial charge in [-0.15, -0.1) is 10.2 Å². The molecule has 1 saturated carbocycles. The summed E-state index contributed by atoms with van der Waals surface area (Å²) in [5, 5.41) is 7.44. The van der Waals surface area contributed by atoms with Crippen LogP contribution in [0.2, 0.25) is 0 Å². The number of nitrogens with two attached hydrogens (primary N) is 1. The van der Waals surface area contributed by atoms with Crippen molar-refractivity contribution in [3.05, 3.63) is 12.7 Å². The molecule has 0 radical (unpaired) electrons. The van der Waals surface area contributed by atoms with Gasteiger partial charge >= 0.3 is 0 Å². The van der Waals surface area contributed by atoms with Gasteiger partial charge < -0.3 is 10.3 Å². The average molecular weight is 138 g/mol. The Balaban J connectivity index is 2.04. The molecule has 10 heavy (non-hydrogen) atoms. The van der Waals surface area contributed by atoms with Crippen LogP contribution >= 0.6 is 0 Å². The van der Waals surface area contributed by atoms with Crippen molar-refractivity contribution >= 4 is 0 Å². The topological polar surface area (TPSA) is 56.7 Å². The van der Waals surface area contributed by atoms with Crippen molar-refractivity contribution in [3.8, 4) is 0 Å². The van der Waals surface area contributed by atoms with Crippen molar-refractivity contribution < 1.29 is 0 Å². The molecule has 1 aliphatic carbocycles. The molecule has 4 nitrogen and oxygen atoms in total. The molecule has 54 valence electrons. The first-order valence-corrected chi connectivity index (χ1v) is 3.46. The second-order valence-electron chi connectivity index (χ2n) is 2.79. The van der Waals surface area contributed by atoms with Gasteiger partial charge in [-0.2, -0.15) is 0 Å². The van der Waals surface area contributed by atoms with Gasteiger partial charge in [0, 0.05) is 12.1 Å². The molecule has 0 spiro atoms. The Morgan fingerprint density at radius 3 is 2.40 bits per heavy atom. The zero-order valence-corrected chi connectivity index (χ0v) is 5.64. The van der Waals surface area contributed by atoms with Gasteiger partial charge in [-0.05, 0) is 12.8 Å². The Morgan fingerprint density at radius 2 is 1.90 bits per heavy atom. The highest BCUT2D eigenvalue weighted by Gasteiger charge is 2.26. The summed E-state index contributed by atoms with van der Waals surface area (Å²) in [4.78, 5) is 0. The molecule has 1 heterocycles. The Kier molecular flexibility index (Phi) is 1.20. The monoisotopic (exact) mass is 138 g/mol. The van der Waals surface area contributed by atoms with E-state index in [4.69, 9.17) is 5.73 Å². The van der Waals surface area contributed by atoms with Crippen molar-refractivity contribution in [1.29, 1.82) is 0 Å². The fourth-order valence-corrected chi connectivity index (χ4v) is 1.27. The van der Waals surface area contributed by atoms with E-state index in [2.05, 4.69) is 10.2 Å². The second kappa shape index (κ2) is 2.05. The first-order valence-electron chi connectivity index (χ1n) is 3.46. The minimum Gasteiger partial charge on any atom is -0.328 e. The first kappa shape index (κ1) is 5.85. The lowest BCUT2D eigenvalue weighted by Crippen LogP contribution is -2.37. The highest BCUT2D eigenvalue weighted by Crippen LogP contribution is 2.29. The largest absolute Gasteiger partial charge is 0.328 e. The Bertz CT molecular complexity index is 200. The number of hydrogen-bond donors (Lipinski definition) is 1. The van der Waals surface area contributed by atoms with Gasteiger partial charge in [0.2, 0.25) is 0 Å². The quantitative estimate of drug-likeness (QED) is 0.591. The van der Waals surface area contributed by atoms with E-state index in [1.165, 1.54) is 0 Å². The van der Waals surface area contributed by atoms with Gasteiger partial charge in [0.15, 0.2) is 0 Å². The van der Waals surface area contributed by atoms with Crippen LogP contribution in [0, 0.1) is 0 Å². The molecule has 0 atom stereocenters. The highest BCUT2D eigenvalue weighted by atomic mass is 15.2. The maximum absolute atomic E-state index is 5.62. The summed E-state index contributed by atoms with van der Waals surface area (Å²) < 4.78 is 2.02. The minimum atomic E-state index is 0.396. The van der Waals surface area contributed by atoms with Crippen LogP contribution in [0.1, 0.15) is 18.9 Å². The number of nitrogens with zero attached hydrogens (tertiary/aromatic N) is 3. The summed E-state index contributed by atoms with van der Waals surface area (Å²) in [6, 6.07) is 0.956. The van der Waals surface area contributed by atoms with Gasteiger partial charge in [0.05, 0.1) is 0 Å². The number of rotatable bonds is 1. The molecule has 0 bridgehead atoms. The van der Waals surface area contributed by atoms with Crippen LogP contribution in [-0.4, -0.2) is 20.8 Å². The normalized spacial score (nSPS) is 31.7. The van der Waals surface area contributed by atoms with E-state index in [0.29, 0.717) is 12.1 Å². The fourth-order valence-electron chi connectivity index (χ4n) is 1.27. The zero-order valence-electron chi connectivity index (χ0n) is 5.64. The van der Waals surface area contributed by atoms with Crippen LogP contribution < -0.4 is 5.73 Å². The maximum atomic E-state index is 5.62. The Labute approximate surface area is 59.1 Å². The van der Waals surface area contributed by atoms with Crippen LogP contribution in [0.4, 0.5) is 0 Å². The third kappa shape index (κ3) is 0.806. The van der Waals surface area contributed by atoms with Gasteiger partial charge in [-0.1, -0.05) is 0 Å². The molecule has 0 saturated heterocycles. The standard InChI is InChI=1S/C6H10N4/c7-5-1-6(2-5)10-3-8-9-4-10/h3-6H,1-2,7H2. The Hall–Kier alpha value is -0.900. The maximum Gasteiger partial charge on any atom is 0.119 e. The predicted octanol–water partition coefficient (Wildman–Crippen LogP) is -0.0597. The predicted molar refractivity (Wildman–Crippen MR) is 36.3 cm³/mol. The van der Waals surface area contributed by atoms with Crippen LogP contribution in [0.15, 0.2) is 12.7 Å². The smallest absolute Gasteiger partial charge is 0.119 e. The molecule has 4 heteroatoms. The highest BCUT2D eigenvalue weighted by molar-refractivity contribution is 4.87. The minimum absolute atomic E-state index is 0.396. The van der Waals surface area contributed by atoms with E-state index >= 15 is 0 Å². The lowest BCUT2D eigenvalue weighted by atomic mass is 9.88. The van der Waals surface area contributed by atoms with E-state index in [1.807, 2.05) is 4.57 Å². The lowest BCUT2D eigenvalue weighted by molar-refractivity contribution is 0.266. The summed E-state index contributed by atoms with van der Waals surface area (Å²) in [6.45, 7) is 0. The molecule has 0 unspecified atom stereocenters. The Morgan fingerprint density at radius 1 is 1.30 bits per heavy atom. The molecule has 0 aromatic carbocycles. The van der Waals surface area contributed by atoms with Crippen molar-refractivity contribution in [2.24, 2.45) is 5.73 Å². The van der Waals surface area contributed by atoms with Crippen LogP contribution in [-0.2, 0) is 0 Å². The van der Waals surface area contributed by atoms with E-state index in [0.717, 1.165) is 12.8 Å². The van der Waals surface area contributed by atoms with E-state index in [-0.39, 0.29) is 0 Å². The number of hydrogen-bond acceptors (Lipinski definition) is 3. The molecule has 2 N–H and O–H groups in total. The summed E-state index contributed by atoms with van der Waals surface area (Å²) in [7, 11) is 0. The second-order valence-corrected chi connectivity index (χ2v) is 2.79. The van der Waals surface area contributed by atoms with Crippen molar-refractivity contribution in [2.75, 3.05) is 0 Å². The molecule has 0 aliphatic heterocycles. The third-order valence-electron chi connectivity index (χ3n) is 2.01. The van der Waals surface area contributed by atoms with Crippen LogP contribution in [0.5, 0.6) is 0 Å². The van der Waals surface area contributed by atoms with Crippen molar-refractivity contribution in [2.45, 2.75) is 24.9 Å². The lowest BCUT2D eigenvalue weighted by Gasteiger charge is -2.32. The molecule has 1 aliphatic rings. The third-order valence-corrected chi connectivity index (χ3v) is 2.01. The van der Waals surface area contributed by atoms with E-state index < -0.39 is 0 Å². The van der Waals surface area contributed by atoms with Gasteiger partial charge in [0.25, 0.3) is 0 Å². The molecular formula is C6H10N4. The van der Waals surface area contributed by atoms with Gasteiger partial charge in [0.1, 0.15) is 12.7 Å². The molecule has 0 amide bonds. The molecular weight excluding hydrogens is 128 g/mol.